The number of hydrogen-bond donors (Lipinski definition) is 1. The van der Waals surface area contributed by atoms with E-state index in [1.165, 1.54) is 6.92 Å². The molecule has 0 saturated carbocycles. The van der Waals surface area contributed by atoms with E-state index in [9.17, 15) is 14.4 Å². The molecular formula is C21H26N2O5. The number of aliphatic carboxylic acids is 1. The van der Waals surface area contributed by atoms with Crippen molar-refractivity contribution in [2.75, 3.05) is 19.7 Å². The molecule has 2 heterocycles. The molecule has 0 unspecified atom stereocenters. The summed E-state index contributed by atoms with van der Waals surface area (Å²) in [5, 5.41) is 9.04. The first kappa shape index (κ1) is 20.1. The van der Waals surface area contributed by atoms with Gasteiger partial charge in [-0.3, -0.25) is 14.4 Å². The zero-order chi connectivity index (χ0) is 20.1. The van der Waals surface area contributed by atoms with Gasteiger partial charge in [-0.05, 0) is 30.0 Å². The van der Waals surface area contributed by atoms with Crippen molar-refractivity contribution in [3.63, 3.8) is 0 Å². The van der Waals surface area contributed by atoms with Crippen LogP contribution in [0.1, 0.15) is 49.8 Å². The van der Waals surface area contributed by atoms with Gasteiger partial charge in [0.05, 0.1) is 25.0 Å². The summed E-state index contributed by atoms with van der Waals surface area (Å²) in [6.45, 7) is 2.67. The number of benzene rings is 1. The first-order chi connectivity index (χ1) is 13.5. The summed E-state index contributed by atoms with van der Waals surface area (Å²) in [7, 11) is 0. The van der Waals surface area contributed by atoms with Crippen molar-refractivity contribution in [2.24, 2.45) is 0 Å². The van der Waals surface area contributed by atoms with Gasteiger partial charge in [0.1, 0.15) is 0 Å². The summed E-state index contributed by atoms with van der Waals surface area (Å²) >= 11 is 0. The fraction of sp³-hybridized carbons (Fsp3) is 0.476. The van der Waals surface area contributed by atoms with Gasteiger partial charge in [0.2, 0.25) is 11.8 Å². The Hall–Kier alpha value is -2.67. The topological polar surface area (TPSA) is 87.2 Å². The molecular weight excluding hydrogens is 360 g/mol. The molecule has 1 aromatic carbocycles. The van der Waals surface area contributed by atoms with Gasteiger partial charge in [0, 0.05) is 32.8 Å². The molecule has 0 aromatic heterocycles. The molecule has 150 valence electrons. The van der Waals surface area contributed by atoms with E-state index in [0.717, 1.165) is 24.0 Å². The van der Waals surface area contributed by atoms with E-state index in [-0.39, 0.29) is 37.3 Å². The predicted molar refractivity (Wildman–Crippen MR) is 103 cm³/mol. The second-order valence-corrected chi connectivity index (χ2v) is 7.21. The number of carboxylic acids is 1. The Morgan fingerprint density at radius 2 is 2.07 bits per heavy atom. The standard InChI is InChI=1S/C21H26N2O5/c1-15(24)23-11-8-16-5-2-3-7-18(16)19(23)13-20(25)22(10-9-21(26)27)14-17-6-4-12-28-17/h2-3,5,7-8,11,17,19H,4,6,9-10,12-14H2,1H3,(H,26,27)/t17-,19+/m0/s1. The molecule has 1 fully saturated rings. The van der Waals surface area contributed by atoms with Gasteiger partial charge in [0.25, 0.3) is 0 Å². The summed E-state index contributed by atoms with van der Waals surface area (Å²) < 4.78 is 5.63. The maximum absolute atomic E-state index is 13.1. The van der Waals surface area contributed by atoms with E-state index in [4.69, 9.17) is 9.84 Å². The fourth-order valence-corrected chi connectivity index (χ4v) is 3.79. The van der Waals surface area contributed by atoms with E-state index < -0.39 is 12.0 Å². The van der Waals surface area contributed by atoms with Gasteiger partial charge in [-0.1, -0.05) is 24.3 Å². The van der Waals surface area contributed by atoms with Crippen LogP contribution in [-0.4, -0.2) is 58.5 Å². The third-order valence-corrected chi connectivity index (χ3v) is 5.23. The lowest BCUT2D eigenvalue weighted by molar-refractivity contribution is -0.139. The second kappa shape index (κ2) is 9.01. The Kier molecular flexibility index (Phi) is 6.46. The Morgan fingerprint density at radius 3 is 2.75 bits per heavy atom. The number of carbonyl (C=O) groups excluding carboxylic acids is 2. The largest absolute Gasteiger partial charge is 0.481 e. The van der Waals surface area contributed by atoms with E-state index in [1.807, 2.05) is 30.3 Å². The second-order valence-electron chi connectivity index (χ2n) is 7.21. The van der Waals surface area contributed by atoms with Crippen LogP contribution in [-0.2, 0) is 19.1 Å². The normalized spacial score (nSPS) is 20.7. The fourth-order valence-electron chi connectivity index (χ4n) is 3.79. The molecule has 0 spiro atoms. The summed E-state index contributed by atoms with van der Waals surface area (Å²) in [5.74, 6) is -1.25. The molecule has 2 aliphatic rings. The van der Waals surface area contributed by atoms with Crippen LogP contribution < -0.4 is 0 Å². The van der Waals surface area contributed by atoms with Crippen LogP contribution in [0.2, 0.25) is 0 Å². The van der Waals surface area contributed by atoms with Crippen LogP contribution in [0.25, 0.3) is 6.08 Å². The number of rotatable bonds is 7. The van der Waals surface area contributed by atoms with E-state index in [1.54, 1.807) is 16.0 Å². The average molecular weight is 386 g/mol. The summed E-state index contributed by atoms with van der Waals surface area (Å²) in [4.78, 5) is 39.4. The molecule has 0 aliphatic carbocycles. The van der Waals surface area contributed by atoms with Crippen LogP contribution >= 0.6 is 0 Å². The molecule has 28 heavy (non-hydrogen) atoms. The van der Waals surface area contributed by atoms with Crippen molar-refractivity contribution in [1.82, 2.24) is 9.80 Å². The van der Waals surface area contributed by atoms with Gasteiger partial charge < -0.3 is 19.6 Å². The molecule has 3 rings (SSSR count). The molecule has 0 bridgehead atoms. The smallest absolute Gasteiger partial charge is 0.305 e. The van der Waals surface area contributed by atoms with Crippen LogP contribution in [0, 0.1) is 0 Å². The Morgan fingerprint density at radius 1 is 1.29 bits per heavy atom. The number of carbonyl (C=O) groups is 3. The average Bonchev–Trinajstić information content (AvgIpc) is 3.18. The number of fused-ring (bicyclic) bond motifs is 1. The van der Waals surface area contributed by atoms with Crippen molar-refractivity contribution in [3.8, 4) is 0 Å². The van der Waals surface area contributed by atoms with Gasteiger partial charge in [-0.15, -0.1) is 0 Å². The number of hydrogen-bond acceptors (Lipinski definition) is 4. The van der Waals surface area contributed by atoms with Crippen molar-refractivity contribution >= 4 is 23.9 Å². The maximum atomic E-state index is 13.1. The number of ether oxygens (including phenoxy) is 1. The molecule has 1 aromatic rings. The molecule has 0 radical (unpaired) electrons. The number of amides is 2. The van der Waals surface area contributed by atoms with Gasteiger partial charge in [-0.25, -0.2) is 0 Å². The Labute approximate surface area is 164 Å². The van der Waals surface area contributed by atoms with Crippen LogP contribution in [0.4, 0.5) is 0 Å². The highest BCUT2D eigenvalue weighted by Crippen LogP contribution is 2.33. The van der Waals surface area contributed by atoms with Crippen molar-refractivity contribution in [2.45, 2.75) is 44.8 Å². The van der Waals surface area contributed by atoms with Crippen molar-refractivity contribution in [3.05, 3.63) is 41.6 Å². The molecule has 2 aliphatic heterocycles. The highest BCUT2D eigenvalue weighted by atomic mass is 16.5. The monoisotopic (exact) mass is 386 g/mol. The molecule has 2 amide bonds. The van der Waals surface area contributed by atoms with Crippen LogP contribution in [0.3, 0.4) is 0 Å². The first-order valence-corrected chi connectivity index (χ1v) is 9.63. The van der Waals surface area contributed by atoms with Crippen LogP contribution in [0.5, 0.6) is 0 Å². The molecule has 7 heteroatoms. The minimum absolute atomic E-state index is 0.0554. The summed E-state index contributed by atoms with van der Waals surface area (Å²) in [5.41, 5.74) is 1.90. The van der Waals surface area contributed by atoms with E-state index in [2.05, 4.69) is 0 Å². The third-order valence-electron chi connectivity index (χ3n) is 5.23. The van der Waals surface area contributed by atoms with Gasteiger partial charge in [0.15, 0.2) is 0 Å². The zero-order valence-corrected chi connectivity index (χ0v) is 16.0. The van der Waals surface area contributed by atoms with Gasteiger partial charge in [-0.2, -0.15) is 0 Å². The number of carboxylic acid groups (broad SMARTS) is 1. The number of nitrogens with zero attached hydrogens (tertiary/aromatic N) is 2. The zero-order valence-electron chi connectivity index (χ0n) is 16.0. The lowest BCUT2D eigenvalue weighted by Crippen LogP contribution is -2.41. The molecule has 2 atom stereocenters. The summed E-state index contributed by atoms with van der Waals surface area (Å²) in [6.07, 6.45) is 5.33. The summed E-state index contributed by atoms with van der Waals surface area (Å²) in [6, 6.07) is 7.29. The lowest BCUT2D eigenvalue weighted by Gasteiger charge is -2.34. The minimum Gasteiger partial charge on any atom is -0.481 e. The van der Waals surface area contributed by atoms with E-state index >= 15 is 0 Å². The Balaban J connectivity index is 1.78. The SMILES string of the molecule is CC(=O)N1C=Cc2ccccc2[C@H]1CC(=O)N(CCC(=O)O)C[C@@H]1CCCO1. The third kappa shape index (κ3) is 4.78. The van der Waals surface area contributed by atoms with Crippen molar-refractivity contribution < 1.29 is 24.2 Å². The molecule has 7 nitrogen and oxygen atoms in total. The highest BCUT2D eigenvalue weighted by Gasteiger charge is 2.31. The van der Waals surface area contributed by atoms with Crippen molar-refractivity contribution in [1.29, 1.82) is 0 Å². The van der Waals surface area contributed by atoms with E-state index in [0.29, 0.717) is 13.2 Å². The highest BCUT2D eigenvalue weighted by molar-refractivity contribution is 5.82. The quantitative estimate of drug-likeness (QED) is 0.778. The first-order valence-electron chi connectivity index (χ1n) is 9.63. The Bertz CT molecular complexity index is 770. The van der Waals surface area contributed by atoms with Crippen LogP contribution in [0.15, 0.2) is 30.5 Å². The maximum Gasteiger partial charge on any atom is 0.305 e. The predicted octanol–water partition coefficient (Wildman–Crippen LogP) is 2.43. The molecule has 1 N–H and O–H groups in total. The minimum atomic E-state index is -0.943. The molecule has 1 saturated heterocycles. The van der Waals surface area contributed by atoms with Gasteiger partial charge >= 0.3 is 5.97 Å². The lowest BCUT2D eigenvalue weighted by atomic mass is 9.93.